The zero-order valence-corrected chi connectivity index (χ0v) is 16.0. The van der Waals surface area contributed by atoms with E-state index in [1.54, 1.807) is 13.0 Å². The average molecular weight is 369 g/mol. The zero-order chi connectivity index (χ0) is 19.2. The molecule has 0 saturated carbocycles. The maximum Gasteiger partial charge on any atom is 0.228 e. The molecule has 0 spiro atoms. The maximum absolute atomic E-state index is 12.5. The predicted molar refractivity (Wildman–Crippen MR) is 103 cm³/mol. The molecule has 27 heavy (non-hydrogen) atoms. The molecule has 1 aliphatic rings. The van der Waals surface area contributed by atoms with Crippen LogP contribution in [0.5, 0.6) is 0 Å². The summed E-state index contributed by atoms with van der Waals surface area (Å²) in [6.45, 7) is 5.17. The highest BCUT2D eigenvalue weighted by atomic mass is 16.5. The number of benzene rings is 1. The first-order chi connectivity index (χ1) is 13.0. The first-order valence-electron chi connectivity index (χ1n) is 9.65. The molecule has 1 saturated heterocycles. The number of rotatable bonds is 6. The number of nitrogens with one attached hydrogen (secondary N) is 1. The number of carbonyl (C=O) groups excluding carboxylic acids is 2. The second-order valence-electron chi connectivity index (χ2n) is 7.14. The molecule has 3 rings (SSSR count). The van der Waals surface area contributed by atoms with E-state index in [9.17, 15) is 9.59 Å². The number of likely N-dealkylation sites (tertiary alicyclic amines) is 1. The Kier molecular flexibility index (Phi) is 6.27. The van der Waals surface area contributed by atoms with Gasteiger partial charge in [-0.3, -0.25) is 9.59 Å². The summed E-state index contributed by atoms with van der Waals surface area (Å²) in [4.78, 5) is 26.7. The largest absolute Gasteiger partial charge is 0.360 e. The van der Waals surface area contributed by atoms with Crippen LogP contribution in [0.4, 0.5) is 5.82 Å². The molecular weight excluding hydrogens is 342 g/mol. The number of hydrogen-bond donors (Lipinski definition) is 1. The molecule has 2 aromatic rings. The molecule has 1 aromatic heterocycles. The molecule has 0 unspecified atom stereocenters. The van der Waals surface area contributed by atoms with Gasteiger partial charge in [-0.2, -0.15) is 0 Å². The summed E-state index contributed by atoms with van der Waals surface area (Å²) >= 11 is 0. The molecule has 1 fully saturated rings. The number of anilines is 1. The maximum atomic E-state index is 12.5. The molecule has 1 N–H and O–H groups in total. The van der Waals surface area contributed by atoms with Crippen molar-refractivity contribution in [2.45, 2.75) is 46.0 Å². The molecule has 0 bridgehead atoms. The van der Waals surface area contributed by atoms with E-state index in [4.69, 9.17) is 4.52 Å². The Morgan fingerprint density at radius 2 is 1.85 bits per heavy atom. The van der Waals surface area contributed by atoms with Gasteiger partial charge in [-0.25, -0.2) is 0 Å². The van der Waals surface area contributed by atoms with E-state index in [-0.39, 0.29) is 17.7 Å². The third kappa shape index (κ3) is 5.18. The Balaban J connectivity index is 1.42. The molecule has 6 nitrogen and oxygen atoms in total. The van der Waals surface area contributed by atoms with E-state index in [1.807, 2.05) is 4.90 Å². The quantitative estimate of drug-likeness (QED) is 0.847. The van der Waals surface area contributed by atoms with Crippen molar-refractivity contribution >= 4 is 17.6 Å². The van der Waals surface area contributed by atoms with Crippen molar-refractivity contribution in [3.8, 4) is 0 Å². The lowest BCUT2D eigenvalue weighted by Crippen LogP contribution is -2.41. The molecule has 1 aliphatic heterocycles. The second-order valence-corrected chi connectivity index (χ2v) is 7.14. The predicted octanol–water partition coefficient (Wildman–Crippen LogP) is 3.36. The summed E-state index contributed by atoms with van der Waals surface area (Å²) in [7, 11) is 0. The fourth-order valence-electron chi connectivity index (χ4n) is 3.40. The number of aromatic nitrogens is 1. The van der Waals surface area contributed by atoms with E-state index >= 15 is 0 Å². The minimum Gasteiger partial charge on any atom is -0.360 e. The van der Waals surface area contributed by atoms with Crippen LogP contribution in [0.1, 0.15) is 43.1 Å². The van der Waals surface area contributed by atoms with Gasteiger partial charge in [0.05, 0.1) is 0 Å². The number of amides is 2. The Labute approximate surface area is 159 Å². The molecule has 144 valence electrons. The van der Waals surface area contributed by atoms with Gasteiger partial charge in [0, 0.05) is 31.5 Å². The lowest BCUT2D eigenvalue weighted by Gasteiger charge is -2.31. The lowest BCUT2D eigenvalue weighted by molar-refractivity contribution is -0.134. The van der Waals surface area contributed by atoms with Crippen molar-refractivity contribution in [3.63, 3.8) is 0 Å². The first-order valence-corrected chi connectivity index (χ1v) is 9.65. The van der Waals surface area contributed by atoms with Crippen LogP contribution >= 0.6 is 0 Å². The lowest BCUT2D eigenvalue weighted by atomic mass is 9.95. The highest BCUT2D eigenvalue weighted by Crippen LogP contribution is 2.20. The highest BCUT2D eigenvalue weighted by molar-refractivity contribution is 5.91. The van der Waals surface area contributed by atoms with Gasteiger partial charge in [-0.05, 0) is 43.7 Å². The number of carbonyl (C=O) groups is 2. The Morgan fingerprint density at radius 3 is 2.44 bits per heavy atom. The minimum atomic E-state index is -0.0901. The molecular formula is C21H27N3O3. The van der Waals surface area contributed by atoms with Crippen LogP contribution in [0.25, 0.3) is 0 Å². The average Bonchev–Trinajstić information content (AvgIpc) is 3.11. The second kappa shape index (κ2) is 8.84. The molecule has 2 heterocycles. The first kappa shape index (κ1) is 19.1. The molecule has 6 heteroatoms. The minimum absolute atomic E-state index is 0.0496. The smallest absolute Gasteiger partial charge is 0.228 e. The Bertz CT molecular complexity index is 774. The monoisotopic (exact) mass is 369 g/mol. The van der Waals surface area contributed by atoms with E-state index in [0.717, 1.165) is 12.8 Å². The normalized spacial score (nSPS) is 15.0. The molecule has 0 aliphatic carbocycles. The highest BCUT2D eigenvalue weighted by Gasteiger charge is 2.27. The topological polar surface area (TPSA) is 75.4 Å². The fourth-order valence-corrected chi connectivity index (χ4v) is 3.40. The number of aryl methyl sites for hydroxylation is 3. The van der Waals surface area contributed by atoms with E-state index in [2.05, 4.69) is 41.7 Å². The van der Waals surface area contributed by atoms with Gasteiger partial charge in [0.25, 0.3) is 0 Å². The third-order valence-corrected chi connectivity index (χ3v) is 5.16. The van der Waals surface area contributed by atoms with Crippen LogP contribution in [0.15, 0.2) is 34.9 Å². The van der Waals surface area contributed by atoms with Crippen molar-refractivity contribution in [2.24, 2.45) is 5.92 Å². The van der Waals surface area contributed by atoms with E-state index in [0.29, 0.717) is 43.9 Å². The summed E-state index contributed by atoms with van der Waals surface area (Å²) < 4.78 is 4.96. The number of hydrogen-bond acceptors (Lipinski definition) is 4. The van der Waals surface area contributed by atoms with Crippen molar-refractivity contribution in [1.82, 2.24) is 10.1 Å². The Morgan fingerprint density at radius 1 is 1.19 bits per heavy atom. The third-order valence-electron chi connectivity index (χ3n) is 5.16. The fraction of sp³-hybridized carbons (Fsp3) is 0.476. The van der Waals surface area contributed by atoms with Gasteiger partial charge in [0.15, 0.2) is 5.82 Å². The van der Waals surface area contributed by atoms with Gasteiger partial charge in [-0.1, -0.05) is 36.3 Å². The summed E-state index contributed by atoms with van der Waals surface area (Å²) in [5, 5.41) is 6.57. The van der Waals surface area contributed by atoms with Crippen LogP contribution in [0, 0.1) is 12.8 Å². The van der Waals surface area contributed by atoms with Gasteiger partial charge in [0.1, 0.15) is 5.76 Å². The SMILES string of the molecule is CCc1ccc(CCC(=O)N2CCC(C(=O)Nc3cc(C)on3)CC2)cc1. The molecule has 1 aromatic carbocycles. The summed E-state index contributed by atoms with van der Waals surface area (Å²) in [5.41, 5.74) is 2.50. The zero-order valence-electron chi connectivity index (χ0n) is 16.0. The van der Waals surface area contributed by atoms with Crippen LogP contribution in [0.3, 0.4) is 0 Å². The van der Waals surface area contributed by atoms with Crippen molar-refractivity contribution in [1.29, 1.82) is 0 Å². The van der Waals surface area contributed by atoms with Crippen LogP contribution in [-0.2, 0) is 22.4 Å². The van der Waals surface area contributed by atoms with Crippen molar-refractivity contribution < 1.29 is 14.1 Å². The van der Waals surface area contributed by atoms with Crippen LogP contribution in [-0.4, -0.2) is 35.0 Å². The van der Waals surface area contributed by atoms with Crippen molar-refractivity contribution in [2.75, 3.05) is 18.4 Å². The van der Waals surface area contributed by atoms with Crippen molar-refractivity contribution in [3.05, 3.63) is 47.2 Å². The molecule has 2 amide bonds. The molecule has 0 atom stereocenters. The standard InChI is InChI=1S/C21H27N3O3/c1-3-16-4-6-17(7-5-16)8-9-20(25)24-12-10-18(11-13-24)21(26)22-19-14-15(2)27-23-19/h4-7,14,18H,3,8-13H2,1-2H3,(H,22,23,26). The van der Waals surface area contributed by atoms with Gasteiger partial charge in [0.2, 0.25) is 11.8 Å². The van der Waals surface area contributed by atoms with E-state index < -0.39 is 0 Å². The molecule has 0 radical (unpaired) electrons. The van der Waals surface area contributed by atoms with Crippen LogP contribution < -0.4 is 5.32 Å². The summed E-state index contributed by atoms with van der Waals surface area (Å²) in [5.74, 6) is 1.14. The number of piperidine rings is 1. The van der Waals surface area contributed by atoms with E-state index in [1.165, 1.54) is 11.1 Å². The number of nitrogens with zero attached hydrogens (tertiary/aromatic N) is 2. The van der Waals surface area contributed by atoms with Crippen LogP contribution in [0.2, 0.25) is 0 Å². The Hall–Kier alpha value is -2.63. The van der Waals surface area contributed by atoms with Gasteiger partial charge < -0.3 is 14.7 Å². The summed E-state index contributed by atoms with van der Waals surface area (Å²) in [6, 6.07) is 10.2. The van der Waals surface area contributed by atoms with Gasteiger partial charge >= 0.3 is 0 Å². The van der Waals surface area contributed by atoms with Gasteiger partial charge in [-0.15, -0.1) is 0 Å². The summed E-state index contributed by atoms with van der Waals surface area (Å²) in [6.07, 6.45) is 3.66.